The second-order valence-corrected chi connectivity index (χ2v) is 9.88. The molecule has 4 rings (SSSR count). The van der Waals surface area contributed by atoms with E-state index in [2.05, 4.69) is 5.32 Å². The van der Waals surface area contributed by atoms with E-state index in [9.17, 15) is 18.0 Å². The van der Waals surface area contributed by atoms with Crippen LogP contribution in [0.3, 0.4) is 0 Å². The number of hydrogen-bond donors (Lipinski definition) is 1. The lowest BCUT2D eigenvalue weighted by Gasteiger charge is -2.34. The number of benzene rings is 1. The number of carbonyl (C=O) groups is 2. The third-order valence-electron chi connectivity index (χ3n) is 5.96. The third-order valence-corrected chi connectivity index (χ3v) is 7.52. The van der Waals surface area contributed by atoms with Crippen molar-refractivity contribution < 1.29 is 18.0 Å². The molecule has 1 aromatic rings. The largest absolute Gasteiger partial charge is 0.326 e. The van der Waals surface area contributed by atoms with E-state index in [1.807, 2.05) is 35.2 Å². The van der Waals surface area contributed by atoms with E-state index >= 15 is 0 Å². The SMILES string of the molecule is CC1(C2CC2)NC(=O)N(CN2CCN(S(=O)(=O)C=Cc3ccccc3)CC2)C1=O. The molecule has 0 spiro atoms. The van der Waals surface area contributed by atoms with Gasteiger partial charge in [0.05, 0.1) is 6.67 Å². The van der Waals surface area contributed by atoms with Crippen LogP contribution in [0.5, 0.6) is 0 Å². The first-order valence-corrected chi connectivity index (χ1v) is 11.4. The first-order valence-electron chi connectivity index (χ1n) is 9.89. The van der Waals surface area contributed by atoms with Crippen molar-refractivity contribution in [3.05, 3.63) is 41.3 Å². The summed E-state index contributed by atoms with van der Waals surface area (Å²) in [5.74, 6) is 0.0492. The van der Waals surface area contributed by atoms with Gasteiger partial charge in [0, 0.05) is 31.6 Å². The van der Waals surface area contributed by atoms with E-state index in [1.165, 1.54) is 14.6 Å². The van der Waals surface area contributed by atoms with Crippen LogP contribution in [-0.4, -0.2) is 72.8 Å². The fraction of sp³-hybridized carbons (Fsp3) is 0.500. The summed E-state index contributed by atoms with van der Waals surface area (Å²) in [4.78, 5) is 28.2. The lowest BCUT2D eigenvalue weighted by atomic mass is 9.96. The minimum absolute atomic E-state index is 0.175. The van der Waals surface area contributed by atoms with Gasteiger partial charge in [-0.2, -0.15) is 4.31 Å². The van der Waals surface area contributed by atoms with Gasteiger partial charge in [-0.3, -0.25) is 9.69 Å². The molecule has 1 atom stereocenters. The quantitative estimate of drug-likeness (QED) is 0.703. The van der Waals surface area contributed by atoms with Gasteiger partial charge in [0.15, 0.2) is 0 Å². The number of sulfonamides is 1. The Balaban J connectivity index is 1.33. The maximum absolute atomic E-state index is 12.7. The minimum atomic E-state index is -3.51. The highest BCUT2D eigenvalue weighted by molar-refractivity contribution is 7.92. The van der Waals surface area contributed by atoms with Gasteiger partial charge in [0.2, 0.25) is 10.0 Å². The Bertz CT molecular complexity index is 921. The standard InChI is InChI=1S/C20H26N4O4S/c1-20(17-7-8-17)18(25)24(19(26)21-20)15-22-10-12-23(13-11-22)29(27,28)14-9-16-5-3-2-4-6-16/h2-6,9,14,17H,7-8,10-13,15H2,1H3,(H,21,26). The van der Waals surface area contributed by atoms with Crippen molar-refractivity contribution in [2.75, 3.05) is 32.8 Å². The molecule has 1 aliphatic carbocycles. The van der Waals surface area contributed by atoms with Gasteiger partial charge in [-0.25, -0.2) is 18.1 Å². The third kappa shape index (κ3) is 4.08. The van der Waals surface area contributed by atoms with Crippen LogP contribution in [-0.2, 0) is 14.8 Å². The molecular formula is C20H26N4O4S. The molecule has 3 aliphatic rings. The Kier molecular flexibility index (Phi) is 5.22. The predicted molar refractivity (Wildman–Crippen MR) is 109 cm³/mol. The Morgan fingerprint density at radius 1 is 1.10 bits per heavy atom. The number of hydrogen-bond acceptors (Lipinski definition) is 5. The summed E-state index contributed by atoms with van der Waals surface area (Å²) < 4.78 is 26.6. The van der Waals surface area contributed by atoms with Crippen LogP contribution in [0.15, 0.2) is 35.7 Å². The lowest BCUT2D eigenvalue weighted by Crippen LogP contribution is -2.52. The molecule has 8 nitrogen and oxygen atoms in total. The van der Waals surface area contributed by atoms with Crippen molar-refractivity contribution in [1.29, 1.82) is 0 Å². The first-order chi connectivity index (χ1) is 13.8. The highest BCUT2D eigenvalue weighted by Gasteiger charge is 2.56. The topological polar surface area (TPSA) is 90.0 Å². The van der Waals surface area contributed by atoms with Crippen LogP contribution in [0.4, 0.5) is 4.79 Å². The second-order valence-electron chi connectivity index (χ2n) is 8.06. The molecular weight excluding hydrogens is 392 g/mol. The van der Waals surface area contributed by atoms with Crippen LogP contribution in [0.25, 0.3) is 6.08 Å². The van der Waals surface area contributed by atoms with Gasteiger partial charge >= 0.3 is 6.03 Å². The molecule has 9 heteroatoms. The molecule has 2 aliphatic heterocycles. The van der Waals surface area contributed by atoms with Gasteiger partial charge in [0.1, 0.15) is 5.54 Å². The van der Waals surface area contributed by atoms with Crippen molar-refractivity contribution in [3.63, 3.8) is 0 Å². The molecule has 1 aromatic carbocycles. The number of amides is 3. The Labute approximate surface area is 171 Å². The highest BCUT2D eigenvalue weighted by Crippen LogP contribution is 2.42. The summed E-state index contributed by atoms with van der Waals surface area (Å²) in [6.07, 6.45) is 3.51. The zero-order chi connectivity index (χ0) is 20.6. The summed E-state index contributed by atoms with van der Waals surface area (Å²) in [5.41, 5.74) is 0.0387. The van der Waals surface area contributed by atoms with Gasteiger partial charge < -0.3 is 5.32 Å². The molecule has 0 bridgehead atoms. The van der Waals surface area contributed by atoms with Crippen molar-refractivity contribution in [2.45, 2.75) is 25.3 Å². The summed E-state index contributed by atoms with van der Waals surface area (Å²) in [7, 11) is -3.51. The van der Waals surface area contributed by atoms with Crippen molar-refractivity contribution in [3.8, 4) is 0 Å². The molecule has 156 valence electrons. The molecule has 1 unspecified atom stereocenters. The normalized spacial score (nSPS) is 27.0. The van der Waals surface area contributed by atoms with E-state index < -0.39 is 15.6 Å². The fourth-order valence-electron chi connectivity index (χ4n) is 3.92. The van der Waals surface area contributed by atoms with Crippen molar-refractivity contribution in [2.24, 2.45) is 5.92 Å². The number of nitrogens with zero attached hydrogens (tertiary/aromatic N) is 3. The van der Waals surface area contributed by atoms with Crippen LogP contribution < -0.4 is 5.32 Å². The number of imide groups is 1. The Hall–Kier alpha value is -2.23. The Morgan fingerprint density at radius 3 is 2.38 bits per heavy atom. The van der Waals surface area contributed by atoms with E-state index in [-0.39, 0.29) is 24.5 Å². The summed E-state index contributed by atoms with van der Waals surface area (Å²) in [5, 5.41) is 4.07. The maximum Gasteiger partial charge on any atom is 0.326 e. The van der Waals surface area contributed by atoms with Crippen LogP contribution in [0.1, 0.15) is 25.3 Å². The number of piperazine rings is 1. The smallest absolute Gasteiger partial charge is 0.323 e. The molecule has 2 heterocycles. The van der Waals surface area contributed by atoms with Gasteiger partial charge in [-0.1, -0.05) is 30.3 Å². The van der Waals surface area contributed by atoms with Crippen LogP contribution in [0, 0.1) is 5.92 Å². The van der Waals surface area contributed by atoms with Gasteiger partial charge in [-0.15, -0.1) is 0 Å². The van der Waals surface area contributed by atoms with Gasteiger partial charge in [0.25, 0.3) is 5.91 Å². The lowest BCUT2D eigenvalue weighted by molar-refractivity contribution is -0.133. The number of nitrogens with one attached hydrogen (secondary N) is 1. The van der Waals surface area contributed by atoms with Gasteiger partial charge in [-0.05, 0) is 37.3 Å². The van der Waals surface area contributed by atoms with Crippen molar-refractivity contribution >= 4 is 28.0 Å². The van der Waals surface area contributed by atoms with E-state index in [0.29, 0.717) is 26.2 Å². The average molecular weight is 419 g/mol. The monoisotopic (exact) mass is 418 g/mol. The molecule has 3 fully saturated rings. The molecule has 3 amide bonds. The number of urea groups is 1. The number of carbonyl (C=O) groups excluding carboxylic acids is 2. The van der Waals surface area contributed by atoms with Crippen molar-refractivity contribution in [1.82, 2.24) is 19.4 Å². The van der Waals surface area contributed by atoms with Crippen LogP contribution >= 0.6 is 0 Å². The van der Waals surface area contributed by atoms with Crippen LogP contribution in [0.2, 0.25) is 0 Å². The maximum atomic E-state index is 12.7. The molecule has 1 saturated carbocycles. The zero-order valence-corrected chi connectivity index (χ0v) is 17.3. The zero-order valence-electron chi connectivity index (χ0n) is 16.5. The summed E-state index contributed by atoms with van der Waals surface area (Å²) in [6.45, 7) is 3.58. The fourth-order valence-corrected chi connectivity index (χ4v) is 5.10. The number of rotatable bonds is 6. The minimum Gasteiger partial charge on any atom is -0.323 e. The average Bonchev–Trinajstić information content (AvgIpc) is 3.54. The molecule has 0 aromatic heterocycles. The van der Waals surface area contributed by atoms with E-state index in [0.717, 1.165) is 18.4 Å². The first kappa shape index (κ1) is 20.1. The highest BCUT2D eigenvalue weighted by atomic mass is 32.2. The molecule has 1 N–H and O–H groups in total. The molecule has 29 heavy (non-hydrogen) atoms. The second kappa shape index (κ2) is 7.55. The Morgan fingerprint density at radius 2 is 1.76 bits per heavy atom. The molecule has 0 radical (unpaired) electrons. The van der Waals surface area contributed by atoms with E-state index in [1.54, 1.807) is 13.0 Å². The van der Waals surface area contributed by atoms with E-state index in [4.69, 9.17) is 0 Å². The summed E-state index contributed by atoms with van der Waals surface area (Å²) in [6, 6.07) is 8.92. The predicted octanol–water partition coefficient (Wildman–Crippen LogP) is 1.28. The summed E-state index contributed by atoms with van der Waals surface area (Å²) >= 11 is 0. The molecule has 2 saturated heterocycles.